The van der Waals surface area contributed by atoms with Gasteiger partial charge >= 0.3 is 0 Å². The lowest BCUT2D eigenvalue weighted by molar-refractivity contribution is 0.199. The molecule has 0 bridgehead atoms. The van der Waals surface area contributed by atoms with Crippen LogP contribution in [0, 0.1) is 0 Å². The molecule has 4 nitrogen and oxygen atoms in total. The van der Waals surface area contributed by atoms with Crippen LogP contribution in [-0.2, 0) is 13.0 Å². The fourth-order valence-corrected chi connectivity index (χ4v) is 2.92. The van der Waals surface area contributed by atoms with Crippen LogP contribution in [0.4, 0.5) is 0 Å². The van der Waals surface area contributed by atoms with Gasteiger partial charge < -0.3 is 14.8 Å². The van der Waals surface area contributed by atoms with Gasteiger partial charge in [-0.2, -0.15) is 0 Å². The average Bonchev–Trinajstić information content (AvgIpc) is 2.91. The zero-order valence-electron chi connectivity index (χ0n) is 12.4. The number of imidazole rings is 1. The van der Waals surface area contributed by atoms with Crippen LogP contribution in [0.15, 0.2) is 12.4 Å². The molecule has 0 saturated carbocycles. The maximum Gasteiger partial charge on any atom is 0.108 e. The minimum absolute atomic E-state index is 0.696. The molecule has 1 aliphatic rings. The number of nitrogens with zero attached hydrogens (tertiary/aromatic N) is 3. The van der Waals surface area contributed by atoms with Crippen molar-refractivity contribution in [3.8, 4) is 0 Å². The van der Waals surface area contributed by atoms with E-state index in [2.05, 4.69) is 39.8 Å². The lowest BCUT2D eigenvalue weighted by Crippen LogP contribution is -2.45. The monoisotopic (exact) mass is 264 g/mol. The molecule has 0 amide bonds. The molecule has 0 unspecified atom stereocenters. The summed E-state index contributed by atoms with van der Waals surface area (Å²) in [5, 5.41) is 3.71. The molecule has 0 aromatic carbocycles. The summed E-state index contributed by atoms with van der Waals surface area (Å²) in [7, 11) is 0. The Bertz CT molecular complexity index is 361. The average molecular weight is 264 g/mol. The van der Waals surface area contributed by atoms with E-state index in [1.165, 1.54) is 44.7 Å². The van der Waals surface area contributed by atoms with Crippen LogP contribution in [0.1, 0.15) is 38.9 Å². The fourth-order valence-electron chi connectivity index (χ4n) is 2.92. The molecule has 0 spiro atoms. The molecular formula is C15H28N4. The van der Waals surface area contributed by atoms with Crippen molar-refractivity contribution in [2.75, 3.05) is 26.2 Å². The standard InChI is InChI=1S/C15H28N4/c1-3-15-17-9-12-19(15)11-6-8-16-14-7-5-10-18(4-2)13-14/h9,12,14,16H,3-8,10-11,13H2,1-2H3/t14-/m1/s1. The molecule has 1 aromatic heterocycles. The van der Waals surface area contributed by atoms with Crippen molar-refractivity contribution in [1.82, 2.24) is 19.8 Å². The molecule has 2 rings (SSSR count). The number of rotatable bonds is 7. The van der Waals surface area contributed by atoms with Crippen LogP contribution in [0.2, 0.25) is 0 Å². The van der Waals surface area contributed by atoms with E-state index in [9.17, 15) is 0 Å². The lowest BCUT2D eigenvalue weighted by atomic mass is 10.1. The van der Waals surface area contributed by atoms with Gasteiger partial charge in [0, 0.05) is 37.9 Å². The maximum atomic E-state index is 4.36. The topological polar surface area (TPSA) is 33.1 Å². The summed E-state index contributed by atoms with van der Waals surface area (Å²) in [4.78, 5) is 6.91. The summed E-state index contributed by atoms with van der Waals surface area (Å²) in [5.41, 5.74) is 0. The van der Waals surface area contributed by atoms with Crippen molar-refractivity contribution in [2.45, 2.75) is 52.1 Å². The predicted molar refractivity (Wildman–Crippen MR) is 79.4 cm³/mol. The summed E-state index contributed by atoms with van der Waals surface area (Å²) in [6.07, 6.45) is 8.89. The molecule has 0 aliphatic carbocycles. The van der Waals surface area contributed by atoms with Gasteiger partial charge in [-0.15, -0.1) is 0 Å². The minimum Gasteiger partial charge on any atom is -0.335 e. The second-order valence-corrected chi connectivity index (χ2v) is 5.43. The third-order valence-electron chi connectivity index (χ3n) is 4.08. The summed E-state index contributed by atoms with van der Waals surface area (Å²) < 4.78 is 2.28. The number of piperidine rings is 1. The van der Waals surface area contributed by atoms with E-state index >= 15 is 0 Å². The molecule has 1 saturated heterocycles. The number of hydrogen-bond acceptors (Lipinski definition) is 3. The quantitative estimate of drug-likeness (QED) is 0.764. The van der Waals surface area contributed by atoms with Crippen molar-refractivity contribution >= 4 is 0 Å². The molecule has 1 aliphatic heterocycles. The predicted octanol–water partition coefficient (Wildman–Crippen LogP) is 1.91. The van der Waals surface area contributed by atoms with Crippen LogP contribution >= 0.6 is 0 Å². The molecule has 0 radical (unpaired) electrons. The molecule has 1 fully saturated rings. The Kier molecular flexibility index (Phi) is 5.86. The Morgan fingerprint density at radius 2 is 2.32 bits per heavy atom. The van der Waals surface area contributed by atoms with Gasteiger partial charge in [0.25, 0.3) is 0 Å². The molecule has 1 atom stereocenters. The Balaban J connectivity index is 1.64. The van der Waals surface area contributed by atoms with Gasteiger partial charge in [-0.05, 0) is 38.9 Å². The highest BCUT2D eigenvalue weighted by Crippen LogP contribution is 2.09. The first kappa shape index (κ1) is 14.5. The maximum absolute atomic E-state index is 4.36. The number of aromatic nitrogens is 2. The number of hydrogen-bond donors (Lipinski definition) is 1. The van der Waals surface area contributed by atoms with Crippen LogP contribution in [0.5, 0.6) is 0 Å². The highest BCUT2D eigenvalue weighted by molar-refractivity contribution is 4.91. The first-order valence-electron chi connectivity index (χ1n) is 7.79. The summed E-state index contributed by atoms with van der Waals surface area (Å²) in [6, 6.07) is 0.696. The number of aryl methyl sites for hydroxylation is 2. The zero-order valence-corrected chi connectivity index (χ0v) is 12.4. The number of likely N-dealkylation sites (N-methyl/N-ethyl adjacent to an activating group) is 1. The van der Waals surface area contributed by atoms with E-state index in [-0.39, 0.29) is 0 Å². The second-order valence-electron chi connectivity index (χ2n) is 5.43. The first-order chi connectivity index (χ1) is 9.33. The van der Waals surface area contributed by atoms with Crippen molar-refractivity contribution in [3.05, 3.63) is 18.2 Å². The summed E-state index contributed by atoms with van der Waals surface area (Å²) >= 11 is 0. The Hall–Kier alpha value is -0.870. The van der Waals surface area contributed by atoms with Crippen LogP contribution in [-0.4, -0.2) is 46.7 Å². The van der Waals surface area contributed by atoms with Gasteiger partial charge in [0.1, 0.15) is 5.82 Å². The van der Waals surface area contributed by atoms with Crippen molar-refractivity contribution in [1.29, 1.82) is 0 Å². The molecule has 19 heavy (non-hydrogen) atoms. The van der Waals surface area contributed by atoms with E-state index in [4.69, 9.17) is 0 Å². The van der Waals surface area contributed by atoms with E-state index < -0.39 is 0 Å². The number of nitrogens with one attached hydrogen (secondary N) is 1. The molecular weight excluding hydrogens is 236 g/mol. The van der Waals surface area contributed by atoms with Gasteiger partial charge in [0.2, 0.25) is 0 Å². The Labute approximate surface area is 117 Å². The van der Waals surface area contributed by atoms with Crippen molar-refractivity contribution in [2.24, 2.45) is 0 Å². The van der Waals surface area contributed by atoms with E-state index in [1.807, 2.05) is 6.20 Å². The number of likely N-dealkylation sites (tertiary alicyclic amines) is 1. The van der Waals surface area contributed by atoms with E-state index in [1.54, 1.807) is 0 Å². The van der Waals surface area contributed by atoms with Gasteiger partial charge in [-0.25, -0.2) is 4.98 Å². The lowest BCUT2D eigenvalue weighted by Gasteiger charge is -2.32. The largest absolute Gasteiger partial charge is 0.335 e. The second kappa shape index (κ2) is 7.65. The van der Waals surface area contributed by atoms with Gasteiger partial charge in [-0.1, -0.05) is 13.8 Å². The molecule has 1 aromatic rings. The van der Waals surface area contributed by atoms with Crippen LogP contribution in [0.25, 0.3) is 0 Å². The van der Waals surface area contributed by atoms with Crippen LogP contribution in [0.3, 0.4) is 0 Å². The summed E-state index contributed by atoms with van der Waals surface area (Å²) in [6.45, 7) is 10.3. The Morgan fingerprint density at radius 3 is 3.11 bits per heavy atom. The molecule has 2 heterocycles. The zero-order chi connectivity index (χ0) is 13.5. The van der Waals surface area contributed by atoms with Crippen molar-refractivity contribution in [3.63, 3.8) is 0 Å². The van der Waals surface area contributed by atoms with E-state index in [0.29, 0.717) is 6.04 Å². The minimum atomic E-state index is 0.696. The first-order valence-corrected chi connectivity index (χ1v) is 7.79. The third kappa shape index (κ3) is 4.32. The highest BCUT2D eigenvalue weighted by Gasteiger charge is 2.17. The normalized spacial score (nSPS) is 20.8. The highest BCUT2D eigenvalue weighted by atomic mass is 15.2. The van der Waals surface area contributed by atoms with Gasteiger partial charge in [0.15, 0.2) is 0 Å². The third-order valence-corrected chi connectivity index (χ3v) is 4.08. The van der Waals surface area contributed by atoms with Gasteiger partial charge in [0.05, 0.1) is 0 Å². The van der Waals surface area contributed by atoms with Gasteiger partial charge in [-0.3, -0.25) is 0 Å². The Morgan fingerprint density at radius 1 is 1.42 bits per heavy atom. The summed E-state index contributed by atoms with van der Waals surface area (Å²) in [5.74, 6) is 1.20. The van der Waals surface area contributed by atoms with Crippen molar-refractivity contribution < 1.29 is 0 Å². The van der Waals surface area contributed by atoms with E-state index in [0.717, 1.165) is 19.5 Å². The molecule has 4 heteroatoms. The van der Waals surface area contributed by atoms with Crippen LogP contribution < -0.4 is 5.32 Å². The fraction of sp³-hybridized carbons (Fsp3) is 0.800. The smallest absolute Gasteiger partial charge is 0.108 e. The molecule has 1 N–H and O–H groups in total. The SMILES string of the molecule is CCc1nccn1CCCN[C@@H]1CCCN(CC)C1. The molecule has 108 valence electrons.